The van der Waals surface area contributed by atoms with Crippen LogP contribution in [0.1, 0.15) is 11.7 Å². The van der Waals surface area contributed by atoms with Crippen LogP contribution in [0.2, 0.25) is 0 Å². The second-order valence-corrected chi connectivity index (χ2v) is 3.70. The van der Waals surface area contributed by atoms with Crippen molar-refractivity contribution in [2.45, 2.75) is 12.1 Å². The summed E-state index contributed by atoms with van der Waals surface area (Å²) in [6, 6.07) is 8.43. The molecule has 0 spiro atoms. The largest absolute Gasteiger partial charge is 0.491 e. The van der Waals surface area contributed by atoms with Crippen LogP contribution in [0.5, 0.6) is 5.75 Å². The highest BCUT2D eigenvalue weighted by molar-refractivity contribution is 5.38. The molecule has 2 aliphatic rings. The van der Waals surface area contributed by atoms with Crippen LogP contribution in [-0.2, 0) is 4.74 Å². The first-order valence-electron chi connectivity index (χ1n) is 5.02. The molecule has 14 heavy (non-hydrogen) atoms. The van der Waals surface area contributed by atoms with Gasteiger partial charge in [-0.15, -0.1) is 0 Å². The summed E-state index contributed by atoms with van der Waals surface area (Å²) in [5.41, 5.74) is 1.18. The van der Waals surface area contributed by atoms with Crippen LogP contribution in [0.4, 0.5) is 0 Å². The maximum atomic E-state index is 5.77. The van der Waals surface area contributed by atoms with Crippen molar-refractivity contribution in [1.82, 2.24) is 5.32 Å². The first-order valence-corrected chi connectivity index (χ1v) is 5.02. The van der Waals surface area contributed by atoms with Crippen LogP contribution in [0.25, 0.3) is 0 Å². The lowest BCUT2D eigenvalue weighted by molar-refractivity contribution is -0.0307. The van der Waals surface area contributed by atoms with Gasteiger partial charge < -0.3 is 14.8 Å². The molecule has 0 radical (unpaired) electrons. The third-order valence-corrected chi connectivity index (χ3v) is 2.82. The number of morpholine rings is 1. The predicted octanol–water partition coefficient (Wildman–Crippen LogP) is 1.11. The van der Waals surface area contributed by atoms with E-state index in [1.165, 1.54) is 5.56 Å². The van der Waals surface area contributed by atoms with Gasteiger partial charge in [0.1, 0.15) is 18.5 Å². The molecule has 0 aromatic heterocycles. The van der Waals surface area contributed by atoms with E-state index in [4.69, 9.17) is 9.47 Å². The topological polar surface area (TPSA) is 30.5 Å². The lowest BCUT2D eigenvalue weighted by atomic mass is 9.98. The maximum Gasteiger partial charge on any atom is 0.125 e. The molecule has 0 bridgehead atoms. The third-order valence-electron chi connectivity index (χ3n) is 2.82. The summed E-state index contributed by atoms with van der Waals surface area (Å²) < 4.78 is 11.4. The standard InChI is InChI=1S/C11H13NO2/c1-2-4-10-8(3-1)11-9(7-14-10)12-5-6-13-11/h1-4,9,11-12H,5-7H2/t9-,11-/m0/s1. The number of para-hydroxylation sites is 1. The fraction of sp³-hybridized carbons (Fsp3) is 0.455. The second kappa shape index (κ2) is 3.26. The van der Waals surface area contributed by atoms with Gasteiger partial charge in [0.15, 0.2) is 0 Å². The molecule has 74 valence electrons. The fourth-order valence-electron chi connectivity index (χ4n) is 2.13. The highest BCUT2D eigenvalue weighted by Crippen LogP contribution is 2.35. The number of benzene rings is 1. The van der Waals surface area contributed by atoms with E-state index in [1.807, 2.05) is 18.2 Å². The first kappa shape index (κ1) is 8.26. The highest BCUT2D eigenvalue weighted by Gasteiger charge is 2.33. The van der Waals surface area contributed by atoms with Crippen molar-refractivity contribution < 1.29 is 9.47 Å². The smallest absolute Gasteiger partial charge is 0.125 e. The average Bonchev–Trinajstić information content (AvgIpc) is 2.29. The molecule has 0 unspecified atom stereocenters. The number of fused-ring (bicyclic) bond motifs is 3. The van der Waals surface area contributed by atoms with E-state index in [0.717, 1.165) is 18.9 Å². The molecule has 1 N–H and O–H groups in total. The Morgan fingerprint density at radius 2 is 2.21 bits per heavy atom. The summed E-state index contributed by atoms with van der Waals surface area (Å²) >= 11 is 0. The van der Waals surface area contributed by atoms with Gasteiger partial charge in [-0.25, -0.2) is 0 Å². The van der Waals surface area contributed by atoms with Crippen molar-refractivity contribution in [2.24, 2.45) is 0 Å². The Morgan fingerprint density at radius 1 is 1.29 bits per heavy atom. The van der Waals surface area contributed by atoms with Crippen LogP contribution >= 0.6 is 0 Å². The van der Waals surface area contributed by atoms with E-state index in [-0.39, 0.29) is 6.10 Å². The zero-order chi connectivity index (χ0) is 9.38. The van der Waals surface area contributed by atoms with Crippen molar-refractivity contribution in [3.8, 4) is 5.75 Å². The number of hydrogen-bond donors (Lipinski definition) is 1. The summed E-state index contributed by atoms with van der Waals surface area (Å²) in [6.07, 6.45) is 0.175. The Bertz CT molecular complexity index is 340. The molecule has 1 aromatic carbocycles. The molecular formula is C11H13NO2. The van der Waals surface area contributed by atoms with Gasteiger partial charge in [-0.1, -0.05) is 18.2 Å². The SMILES string of the molecule is c1ccc2c(c1)OC[C@@H]1NCCO[C@@H]21. The molecule has 3 rings (SSSR count). The minimum Gasteiger partial charge on any atom is -0.491 e. The maximum absolute atomic E-state index is 5.77. The fourth-order valence-corrected chi connectivity index (χ4v) is 2.13. The Kier molecular flexibility index (Phi) is 1.92. The molecule has 0 amide bonds. The van der Waals surface area contributed by atoms with Gasteiger partial charge in [-0.2, -0.15) is 0 Å². The Morgan fingerprint density at radius 3 is 3.21 bits per heavy atom. The zero-order valence-corrected chi connectivity index (χ0v) is 7.90. The quantitative estimate of drug-likeness (QED) is 0.666. The Balaban J connectivity index is 1.99. The Labute approximate surface area is 83.0 Å². The van der Waals surface area contributed by atoms with Gasteiger partial charge >= 0.3 is 0 Å². The normalized spacial score (nSPS) is 30.0. The minimum absolute atomic E-state index is 0.175. The zero-order valence-electron chi connectivity index (χ0n) is 7.90. The van der Waals surface area contributed by atoms with Crippen LogP contribution in [-0.4, -0.2) is 25.8 Å². The molecule has 1 fully saturated rings. The lowest BCUT2D eigenvalue weighted by Crippen LogP contribution is -2.48. The summed E-state index contributed by atoms with van der Waals surface area (Å²) in [7, 11) is 0. The number of hydrogen-bond acceptors (Lipinski definition) is 3. The van der Waals surface area contributed by atoms with Crippen LogP contribution in [0.3, 0.4) is 0 Å². The van der Waals surface area contributed by atoms with E-state index >= 15 is 0 Å². The van der Waals surface area contributed by atoms with E-state index in [0.29, 0.717) is 12.6 Å². The molecule has 0 aliphatic carbocycles. The summed E-state index contributed by atoms with van der Waals surface area (Å²) in [6.45, 7) is 2.42. The van der Waals surface area contributed by atoms with Crippen molar-refractivity contribution >= 4 is 0 Å². The monoisotopic (exact) mass is 191 g/mol. The molecule has 2 atom stereocenters. The van der Waals surface area contributed by atoms with E-state index in [9.17, 15) is 0 Å². The molecule has 1 aromatic rings. The summed E-state index contributed by atoms with van der Waals surface area (Å²) in [4.78, 5) is 0. The van der Waals surface area contributed by atoms with Crippen LogP contribution in [0.15, 0.2) is 24.3 Å². The molecule has 2 heterocycles. The van der Waals surface area contributed by atoms with Crippen molar-refractivity contribution in [3.63, 3.8) is 0 Å². The van der Waals surface area contributed by atoms with Crippen LogP contribution < -0.4 is 10.1 Å². The van der Waals surface area contributed by atoms with E-state index < -0.39 is 0 Å². The number of rotatable bonds is 0. The predicted molar refractivity (Wildman–Crippen MR) is 52.4 cm³/mol. The van der Waals surface area contributed by atoms with E-state index in [2.05, 4.69) is 11.4 Å². The van der Waals surface area contributed by atoms with Gasteiger partial charge in [-0.05, 0) is 6.07 Å². The van der Waals surface area contributed by atoms with Gasteiger partial charge in [0.25, 0.3) is 0 Å². The second-order valence-electron chi connectivity index (χ2n) is 3.70. The van der Waals surface area contributed by atoms with Gasteiger partial charge in [0, 0.05) is 12.1 Å². The van der Waals surface area contributed by atoms with Gasteiger partial charge in [-0.3, -0.25) is 0 Å². The summed E-state index contributed by atoms with van der Waals surface area (Å²) in [5.74, 6) is 0.970. The van der Waals surface area contributed by atoms with Crippen molar-refractivity contribution in [1.29, 1.82) is 0 Å². The van der Waals surface area contributed by atoms with Crippen molar-refractivity contribution in [2.75, 3.05) is 19.8 Å². The molecule has 1 saturated heterocycles. The van der Waals surface area contributed by atoms with Gasteiger partial charge in [0.05, 0.1) is 12.6 Å². The number of ether oxygens (including phenoxy) is 2. The Hall–Kier alpha value is -1.06. The molecule has 3 heteroatoms. The lowest BCUT2D eigenvalue weighted by Gasteiger charge is -2.37. The third kappa shape index (κ3) is 1.21. The average molecular weight is 191 g/mol. The molecule has 0 saturated carbocycles. The summed E-state index contributed by atoms with van der Waals surface area (Å²) in [5, 5.41) is 3.41. The van der Waals surface area contributed by atoms with E-state index in [1.54, 1.807) is 0 Å². The first-order chi connectivity index (χ1) is 6.95. The minimum atomic E-state index is 0.175. The van der Waals surface area contributed by atoms with Crippen molar-refractivity contribution in [3.05, 3.63) is 29.8 Å². The number of nitrogens with one attached hydrogen (secondary N) is 1. The molecule has 3 nitrogen and oxygen atoms in total. The molecular weight excluding hydrogens is 178 g/mol. The van der Waals surface area contributed by atoms with Gasteiger partial charge in [0.2, 0.25) is 0 Å². The molecule has 2 aliphatic heterocycles. The van der Waals surface area contributed by atoms with Crippen LogP contribution in [0, 0.1) is 0 Å². The highest BCUT2D eigenvalue weighted by atomic mass is 16.5.